The zero-order chi connectivity index (χ0) is 9.68. The van der Waals surface area contributed by atoms with Gasteiger partial charge in [-0.1, -0.05) is 25.1 Å². The third-order valence-corrected chi connectivity index (χ3v) is 1.69. The molecule has 3 heteroatoms. The Morgan fingerprint density at radius 1 is 1.38 bits per heavy atom. The fraction of sp³-hybridized carbons (Fsp3) is 0.300. The highest BCUT2D eigenvalue weighted by Gasteiger charge is 2.10. The van der Waals surface area contributed by atoms with Gasteiger partial charge in [0.15, 0.2) is 0 Å². The van der Waals surface area contributed by atoms with Gasteiger partial charge in [-0.15, -0.1) is 0 Å². The van der Waals surface area contributed by atoms with Crippen molar-refractivity contribution in [1.29, 1.82) is 0 Å². The molecule has 0 unspecified atom stereocenters. The third kappa shape index (κ3) is 2.56. The Hall–Kier alpha value is -1.35. The molecule has 0 aliphatic heterocycles. The number of hydrogen-bond acceptors (Lipinski definition) is 2. The Kier molecular flexibility index (Phi) is 3.46. The average Bonchev–Trinajstić information content (AvgIpc) is 2.18. The molecule has 1 aromatic rings. The molecule has 1 aromatic carbocycles. The summed E-state index contributed by atoms with van der Waals surface area (Å²) >= 11 is 0. The van der Waals surface area contributed by atoms with E-state index in [-0.39, 0.29) is 5.91 Å². The van der Waals surface area contributed by atoms with Crippen LogP contribution < -0.4 is 0 Å². The maximum Gasteiger partial charge on any atom is 0.277 e. The molecule has 0 saturated carbocycles. The van der Waals surface area contributed by atoms with Crippen molar-refractivity contribution in [2.75, 3.05) is 6.54 Å². The van der Waals surface area contributed by atoms with E-state index in [9.17, 15) is 10.0 Å². The summed E-state index contributed by atoms with van der Waals surface area (Å²) in [6, 6.07) is 8.74. The lowest BCUT2D eigenvalue weighted by Crippen LogP contribution is -2.27. The van der Waals surface area contributed by atoms with Crippen LogP contribution in [0.3, 0.4) is 0 Å². The van der Waals surface area contributed by atoms with E-state index < -0.39 is 0 Å². The molecule has 13 heavy (non-hydrogen) atoms. The second-order valence-electron chi connectivity index (χ2n) is 2.79. The normalized spacial score (nSPS) is 9.69. The molecular formula is C10H13NO2. The Morgan fingerprint density at radius 2 is 2.00 bits per heavy atom. The summed E-state index contributed by atoms with van der Waals surface area (Å²) in [7, 11) is 0. The van der Waals surface area contributed by atoms with E-state index >= 15 is 0 Å². The van der Waals surface area contributed by atoms with E-state index in [0.717, 1.165) is 11.5 Å². The van der Waals surface area contributed by atoms with Crippen LogP contribution in [0, 0.1) is 0 Å². The first kappa shape index (κ1) is 9.74. The number of hydroxylamine groups is 2. The van der Waals surface area contributed by atoms with Crippen LogP contribution >= 0.6 is 0 Å². The number of amides is 1. The molecule has 1 amide bonds. The summed E-state index contributed by atoms with van der Waals surface area (Å²) in [5, 5.41) is 10.0. The number of hydrogen-bond donors (Lipinski definition) is 1. The fourth-order valence-electron chi connectivity index (χ4n) is 1.04. The molecule has 3 nitrogen and oxygen atoms in total. The van der Waals surface area contributed by atoms with E-state index in [1.54, 1.807) is 24.3 Å². The van der Waals surface area contributed by atoms with Gasteiger partial charge in [-0.05, 0) is 18.6 Å². The van der Waals surface area contributed by atoms with Crippen molar-refractivity contribution in [3.05, 3.63) is 35.9 Å². The third-order valence-electron chi connectivity index (χ3n) is 1.69. The average molecular weight is 179 g/mol. The molecule has 0 bridgehead atoms. The quantitative estimate of drug-likeness (QED) is 0.569. The van der Waals surface area contributed by atoms with Crippen molar-refractivity contribution >= 4 is 5.91 Å². The lowest BCUT2D eigenvalue weighted by molar-refractivity contribution is -0.0578. The van der Waals surface area contributed by atoms with Gasteiger partial charge in [0.25, 0.3) is 5.91 Å². The van der Waals surface area contributed by atoms with Crippen LogP contribution in [0.2, 0.25) is 0 Å². The number of nitrogens with zero attached hydrogens (tertiary/aromatic N) is 1. The number of benzene rings is 1. The summed E-state index contributed by atoms with van der Waals surface area (Å²) < 4.78 is 0. The van der Waals surface area contributed by atoms with Crippen LogP contribution in [0.1, 0.15) is 23.7 Å². The summed E-state index contributed by atoms with van der Waals surface area (Å²) in [5.41, 5.74) is 0.512. The maximum absolute atomic E-state index is 11.4. The molecule has 0 atom stereocenters. The van der Waals surface area contributed by atoms with Gasteiger partial charge in [0.2, 0.25) is 0 Å². The van der Waals surface area contributed by atoms with Crippen LogP contribution in [-0.4, -0.2) is 22.7 Å². The van der Waals surface area contributed by atoms with E-state index in [0.29, 0.717) is 12.1 Å². The highest BCUT2D eigenvalue weighted by Crippen LogP contribution is 2.02. The Morgan fingerprint density at radius 3 is 2.54 bits per heavy atom. The van der Waals surface area contributed by atoms with E-state index in [1.807, 2.05) is 13.0 Å². The lowest BCUT2D eigenvalue weighted by atomic mass is 10.2. The molecule has 0 spiro atoms. The first-order chi connectivity index (χ1) is 6.25. The first-order valence-electron chi connectivity index (χ1n) is 4.31. The Bertz CT molecular complexity index is 272. The van der Waals surface area contributed by atoms with Crippen molar-refractivity contribution in [2.24, 2.45) is 0 Å². The number of carbonyl (C=O) groups is 1. The minimum Gasteiger partial charge on any atom is -0.286 e. The zero-order valence-electron chi connectivity index (χ0n) is 7.60. The second-order valence-corrected chi connectivity index (χ2v) is 2.79. The SMILES string of the molecule is CCCN(O)C(=O)c1ccccc1. The van der Waals surface area contributed by atoms with E-state index in [2.05, 4.69) is 0 Å². The lowest BCUT2D eigenvalue weighted by Gasteiger charge is -2.13. The van der Waals surface area contributed by atoms with Gasteiger partial charge < -0.3 is 0 Å². The zero-order valence-corrected chi connectivity index (χ0v) is 7.60. The molecule has 0 fully saturated rings. The smallest absolute Gasteiger partial charge is 0.277 e. The monoisotopic (exact) mass is 179 g/mol. The Balaban J connectivity index is 2.68. The van der Waals surface area contributed by atoms with Crippen molar-refractivity contribution in [1.82, 2.24) is 5.06 Å². The topological polar surface area (TPSA) is 40.5 Å². The summed E-state index contributed by atoms with van der Waals surface area (Å²) in [6.07, 6.45) is 0.745. The van der Waals surface area contributed by atoms with Gasteiger partial charge in [0.1, 0.15) is 0 Å². The van der Waals surface area contributed by atoms with Crippen molar-refractivity contribution in [3.8, 4) is 0 Å². The van der Waals surface area contributed by atoms with Crippen LogP contribution in [-0.2, 0) is 0 Å². The molecule has 1 N–H and O–H groups in total. The predicted octanol–water partition coefficient (Wildman–Crippen LogP) is 1.93. The molecule has 0 aliphatic rings. The van der Waals surface area contributed by atoms with Gasteiger partial charge in [0, 0.05) is 12.1 Å². The van der Waals surface area contributed by atoms with Crippen molar-refractivity contribution in [3.63, 3.8) is 0 Å². The largest absolute Gasteiger partial charge is 0.286 e. The molecule has 0 heterocycles. The minimum absolute atomic E-state index is 0.345. The van der Waals surface area contributed by atoms with Crippen LogP contribution in [0.4, 0.5) is 0 Å². The molecule has 1 rings (SSSR count). The fourth-order valence-corrected chi connectivity index (χ4v) is 1.04. The van der Waals surface area contributed by atoms with Crippen LogP contribution in [0.5, 0.6) is 0 Å². The standard InChI is InChI=1S/C10H13NO2/c1-2-8-11(13)10(12)9-6-4-3-5-7-9/h3-7,13H,2,8H2,1H3. The number of rotatable bonds is 3. The molecule has 70 valence electrons. The van der Waals surface area contributed by atoms with Crippen molar-refractivity contribution < 1.29 is 10.0 Å². The van der Waals surface area contributed by atoms with Gasteiger partial charge in [-0.25, -0.2) is 5.06 Å². The minimum atomic E-state index is -0.345. The van der Waals surface area contributed by atoms with Gasteiger partial charge in [0.05, 0.1) is 0 Å². The summed E-state index contributed by atoms with van der Waals surface area (Å²) in [6.45, 7) is 2.27. The van der Waals surface area contributed by atoms with E-state index in [4.69, 9.17) is 0 Å². The first-order valence-corrected chi connectivity index (χ1v) is 4.31. The molecule has 0 radical (unpaired) electrons. The van der Waals surface area contributed by atoms with Crippen LogP contribution in [0.15, 0.2) is 30.3 Å². The highest BCUT2D eigenvalue weighted by atomic mass is 16.5. The number of carbonyl (C=O) groups excluding carboxylic acids is 1. The summed E-state index contributed by atoms with van der Waals surface area (Å²) in [5.74, 6) is -0.345. The molecule has 0 aromatic heterocycles. The van der Waals surface area contributed by atoms with E-state index in [1.165, 1.54) is 0 Å². The van der Waals surface area contributed by atoms with Gasteiger partial charge in [-0.3, -0.25) is 10.0 Å². The second kappa shape index (κ2) is 4.62. The van der Waals surface area contributed by atoms with Crippen molar-refractivity contribution in [2.45, 2.75) is 13.3 Å². The summed E-state index contributed by atoms with van der Waals surface area (Å²) in [4.78, 5) is 11.4. The Labute approximate surface area is 77.6 Å². The molecular weight excluding hydrogens is 166 g/mol. The van der Waals surface area contributed by atoms with Gasteiger partial charge >= 0.3 is 0 Å². The maximum atomic E-state index is 11.4. The molecule has 0 saturated heterocycles. The molecule has 0 aliphatic carbocycles. The van der Waals surface area contributed by atoms with Gasteiger partial charge in [-0.2, -0.15) is 0 Å². The van der Waals surface area contributed by atoms with Crippen LogP contribution in [0.25, 0.3) is 0 Å². The highest BCUT2D eigenvalue weighted by molar-refractivity contribution is 5.93. The predicted molar refractivity (Wildman–Crippen MR) is 49.6 cm³/mol.